The summed E-state index contributed by atoms with van der Waals surface area (Å²) in [5.74, 6) is -1.46. The molecule has 0 unspecified atom stereocenters. The van der Waals surface area contributed by atoms with Gasteiger partial charge in [-0.25, -0.2) is 4.98 Å². The zero-order valence-corrected chi connectivity index (χ0v) is 10.4. The first-order chi connectivity index (χ1) is 9.38. The monoisotopic (exact) mass is 280 g/mol. The van der Waals surface area contributed by atoms with Crippen molar-refractivity contribution in [2.24, 2.45) is 11.7 Å². The lowest BCUT2D eigenvalue weighted by molar-refractivity contribution is -0.385. The molecule has 106 valence electrons. The van der Waals surface area contributed by atoms with Crippen LogP contribution in [0.2, 0.25) is 0 Å². The molecule has 1 aromatic rings. The van der Waals surface area contributed by atoms with E-state index in [0.29, 0.717) is 13.1 Å². The van der Waals surface area contributed by atoms with Gasteiger partial charge < -0.3 is 15.7 Å². The third kappa shape index (κ3) is 2.66. The van der Waals surface area contributed by atoms with Crippen LogP contribution in [0.4, 0.5) is 11.5 Å². The van der Waals surface area contributed by atoms with Crippen molar-refractivity contribution < 1.29 is 19.6 Å². The van der Waals surface area contributed by atoms with Crippen molar-refractivity contribution in [3.05, 3.63) is 27.9 Å². The Hall–Kier alpha value is -2.71. The van der Waals surface area contributed by atoms with E-state index in [1.165, 1.54) is 0 Å². The Morgan fingerprint density at radius 1 is 1.55 bits per heavy atom. The number of nitro groups is 1. The van der Waals surface area contributed by atoms with Crippen LogP contribution in [0.25, 0.3) is 0 Å². The maximum Gasteiger partial charge on any atom is 0.303 e. The number of rotatable bonds is 5. The van der Waals surface area contributed by atoms with Gasteiger partial charge in [0.25, 0.3) is 11.6 Å². The number of carboxylic acid groups (broad SMARTS) is 1. The predicted molar refractivity (Wildman–Crippen MR) is 67.4 cm³/mol. The third-order valence-electron chi connectivity index (χ3n) is 3.05. The van der Waals surface area contributed by atoms with Crippen molar-refractivity contribution in [3.8, 4) is 0 Å². The summed E-state index contributed by atoms with van der Waals surface area (Å²) in [6.45, 7) is 0.856. The number of carboxylic acids is 1. The highest BCUT2D eigenvalue weighted by atomic mass is 16.6. The average Bonchev–Trinajstić information content (AvgIpc) is 2.32. The van der Waals surface area contributed by atoms with Crippen LogP contribution < -0.4 is 10.6 Å². The summed E-state index contributed by atoms with van der Waals surface area (Å²) in [4.78, 5) is 37.5. The Balaban J connectivity index is 2.19. The number of primary amides is 1. The van der Waals surface area contributed by atoms with Crippen molar-refractivity contribution in [2.75, 3.05) is 18.0 Å². The van der Waals surface area contributed by atoms with Crippen molar-refractivity contribution in [1.82, 2.24) is 4.98 Å². The molecule has 0 saturated carbocycles. The third-order valence-corrected chi connectivity index (χ3v) is 3.05. The lowest BCUT2D eigenvalue weighted by Crippen LogP contribution is -2.48. The molecule has 1 aromatic heterocycles. The van der Waals surface area contributed by atoms with Crippen LogP contribution in [0.3, 0.4) is 0 Å². The van der Waals surface area contributed by atoms with Crippen LogP contribution in [0, 0.1) is 16.0 Å². The first kappa shape index (κ1) is 13.7. The largest absolute Gasteiger partial charge is 0.481 e. The van der Waals surface area contributed by atoms with E-state index in [2.05, 4.69) is 4.98 Å². The van der Waals surface area contributed by atoms with Crippen LogP contribution in [0.15, 0.2) is 12.3 Å². The summed E-state index contributed by atoms with van der Waals surface area (Å²) in [6, 6.07) is 1.08. The summed E-state index contributed by atoms with van der Waals surface area (Å²) >= 11 is 0. The number of aliphatic carboxylic acids is 1. The van der Waals surface area contributed by atoms with Crippen molar-refractivity contribution in [3.63, 3.8) is 0 Å². The Kier molecular flexibility index (Phi) is 3.51. The highest BCUT2D eigenvalue weighted by Crippen LogP contribution is 2.29. The minimum atomic E-state index is -0.888. The molecule has 2 rings (SSSR count). The summed E-state index contributed by atoms with van der Waals surface area (Å²) in [6.07, 6.45) is 1.09. The van der Waals surface area contributed by atoms with E-state index in [1.807, 2.05) is 0 Å². The first-order valence-electron chi connectivity index (χ1n) is 5.79. The number of carbonyl (C=O) groups is 2. The van der Waals surface area contributed by atoms with Crippen LogP contribution in [-0.2, 0) is 4.79 Å². The molecule has 0 radical (unpaired) electrons. The van der Waals surface area contributed by atoms with Crippen molar-refractivity contribution in [2.45, 2.75) is 6.42 Å². The minimum Gasteiger partial charge on any atom is -0.481 e. The second-order valence-corrected chi connectivity index (χ2v) is 4.55. The Labute approximate surface area is 113 Å². The molecule has 0 atom stereocenters. The number of aromatic nitrogens is 1. The second-order valence-electron chi connectivity index (χ2n) is 4.55. The van der Waals surface area contributed by atoms with Gasteiger partial charge in [0, 0.05) is 25.1 Å². The molecule has 0 aliphatic carbocycles. The molecule has 9 nitrogen and oxygen atoms in total. The number of hydrogen-bond acceptors (Lipinski definition) is 6. The quantitative estimate of drug-likeness (QED) is 0.571. The van der Waals surface area contributed by atoms with E-state index in [9.17, 15) is 19.7 Å². The Bertz CT molecular complexity index is 582. The maximum atomic E-state index is 11.3. The molecule has 1 aliphatic heterocycles. The van der Waals surface area contributed by atoms with Gasteiger partial charge >= 0.3 is 5.97 Å². The Morgan fingerprint density at radius 3 is 2.70 bits per heavy atom. The van der Waals surface area contributed by atoms with Gasteiger partial charge in [0.05, 0.1) is 16.9 Å². The second kappa shape index (κ2) is 5.11. The van der Waals surface area contributed by atoms with Gasteiger partial charge in [-0.15, -0.1) is 0 Å². The van der Waals surface area contributed by atoms with E-state index in [1.54, 1.807) is 4.90 Å². The van der Waals surface area contributed by atoms with Gasteiger partial charge in [-0.1, -0.05) is 0 Å². The molecule has 9 heteroatoms. The first-order valence-corrected chi connectivity index (χ1v) is 5.79. The number of nitrogens with zero attached hydrogens (tertiary/aromatic N) is 3. The summed E-state index contributed by atoms with van der Waals surface area (Å²) < 4.78 is 0. The molecule has 20 heavy (non-hydrogen) atoms. The molecule has 0 spiro atoms. The molecule has 1 aliphatic rings. The molecule has 1 saturated heterocycles. The summed E-state index contributed by atoms with van der Waals surface area (Å²) in [5, 5.41) is 19.3. The molecule has 0 aromatic carbocycles. The average molecular weight is 280 g/mol. The van der Waals surface area contributed by atoms with Gasteiger partial charge in [0.2, 0.25) is 0 Å². The maximum absolute atomic E-state index is 11.3. The molecular formula is C11H12N4O5. The van der Waals surface area contributed by atoms with E-state index in [-0.39, 0.29) is 29.4 Å². The number of carbonyl (C=O) groups excluding carboxylic acids is 1. The van der Waals surface area contributed by atoms with Crippen LogP contribution in [0.1, 0.15) is 16.8 Å². The van der Waals surface area contributed by atoms with Gasteiger partial charge in [-0.2, -0.15) is 0 Å². The molecule has 1 fully saturated rings. The molecular weight excluding hydrogens is 268 g/mol. The highest BCUT2D eigenvalue weighted by Gasteiger charge is 2.32. The van der Waals surface area contributed by atoms with Crippen LogP contribution in [-0.4, -0.2) is 40.0 Å². The van der Waals surface area contributed by atoms with Crippen LogP contribution in [0.5, 0.6) is 0 Å². The lowest BCUT2D eigenvalue weighted by atomic mass is 9.96. The Morgan fingerprint density at radius 2 is 2.20 bits per heavy atom. The number of nitrogens with two attached hydrogens (primary N) is 1. The number of anilines is 1. The topological polar surface area (TPSA) is 140 Å². The minimum absolute atomic E-state index is 0.0229. The molecule has 3 N–H and O–H groups in total. The van der Waals surface area contributed by atoms with Gasteiger partial charge in [0.15, 0.2) is 0 Å². The molecule has 2 heterocycles. The van der Waals surface area contributed by atoms with E-state index >= 15 is 0 Å². The fourth-order valence-electron chi connectivity index (χ4n) is 2.10. The highest BCUT2D eigenvalue weighted by molar-refractivity contribution is 5.98. The van der Waals surface area contributed by atoms with Gasteiger partial charge in [0.1, 0.15) is 12.0 Å². The number of pyridine rings is 1. The van der Waals surface area contributed by atoms with Gasteiger partial charge in [-0.3, -0.25) is 19.7 Å². The van der Waals surface area contributed by atoms with E-state index in [4.69, 9.17) is 10.8 Å². The summed E-state index contributed by atoms with van der Waals surface area (Å²) in [7, 11) is 0. The van der Waals surface area contributed by atoms with Crippen LogP contribution >= 0.6 is 0 Å². The fraction of sp³-hybridized carbons (Fsp3) is 0.364. The number of amides is 1. The zero-order valence-electron chi connectivity index (χ0n) is 10.4. The molecule has 1 amide bonds. The fourth-order valence-corrected chi connectivity index (χ4v) is 2.10. The number of hydrogen-bond donors (Lipinski definition) is 2. The SMILES string of the molecule is NC(=O)c1cc([N+](=O)[O-])cnc1N1CC(CC(=O)O)C1. The smallest absolute Gasteiger partial charge is 0.303 e. The van der Waals surface area contributed by atoms with Crippen molar-refractivity contribution in [1.29, 1.82) is 0 Å². The summed E-state index contributed by atoms with van der Waals surface area (Å²) in [5.41, 5.74) is 4.84. The standard InChI is InChI=1S/C11H12N4O5/c12-10(18)8-2-7(15(19)20)3-13-11(8)14-4-6(5-14)1-9(16)17/h2-3,6H,1,4-5H2,(H2,12,18)(H,16,17). The molecule has 0 bridgehead atoms. The van der Waals surface area contributed by atoms with E-state index in [0.717, 1.165) is 12.3 Å². The van der Waals surface area contributed by atoms with Gasteiger partial charge in [-0.05, 0) is 0 Å². The normalized spacial score (nSPS) is 14.7. The van der Waals surface area contributed by atoms with Crippen molar-refractivity contribution >= 4 is 23.4 Å². The lowest BCUT2D eigenvalue weighted by Gasteiger charge is -2.40. The van der Waals surface area contributed by atoms with E-state index < -0.39 is 16.8 Å². The predicted octanol–water partition coefficient (Wildman–Crippen LogP) is -0.000400. The zero-order chi connectivity index (χ0) is 14.9.